The minimum absolute atomic E-state index is 0.304. The highest BCUT2D eigenvalue weighted by atomic mass is 32.1. The molecule has 2 heteroatoms. The second-order valence-electron chi connectivity index (χ2n) is 15.1. The summed E-state index contributed by atoms with van der Waals surface area (Å²) < 4.78 is 2.60. The Morgan fingerprint density at radius 2 is 0.852 bits per heavy atom. The topological polar surface area (TPSA) is 3.24 Å². The summed E-state index contributed by atoms with van der Waals surface area (Å²) in [6, 6.07) is 70.1. The van der Waals surface area contributed by atoms with Crippen LogP contribution < -0.4 is 4.90 Å². The Morgan fingerprint density at radius 3 is 1.43 bits per heavy atom. The Labute approximate surface area is 320 Å². The summed E-state index contributed by atoms with van der Waals surface area (Å²) in [5.41, 5.74) is 16.1. The van der Waals surface area contributed by atoms with E-state index in [1.54, 1.807) is 0 Å². The summed E-state index contributed by atoms with van der Waals surface area (Å²) in [5.74, 6) is 0. The zero-order valence-electron chi connectivity index (χ0n) is 30.3. The van der Waals surface area contributed by atoms with Crippen molar-refractivity contribution < 1.29 is 0 Å². The SMILES string of the molecule is CC1(c2ccccc2)c2ccccc2-c2ccc(N(c3ccc4c(c3)C(C)(c3ccccc3)c3ccccc3-4)c3cccc4sc5ccccc5c34)cc21. The molecule has 2 aliphatic carbocycles. The molecule has 0 radical (unpaired) electrons. The van der Waals surface area contributed by atoms with Crippen molar-refractivity contribution in [2.75, 3.05) is 4.90 Å². The van der Waals surface area contributed by atoms with Crippen LogP contribution in [0.2, 0.25) is 0 Å². The van der Waals surface area contributed by atoms with Gasteiger partial charge < -0.3 is 4.90 Å². The first kappa shape index (κ1) is 31.3. The molecule has 1 heterocycles. The Kier molecular flexibility index (Phi) is 6.75. The van der Waals surface area contributed by atoms with Gasteiger partial charge in [0.1, 0.15) is 0 Å². The summed E-state index contributed by atoms with van der Waals surface area (Å²) in [5, 5.41) is 2.59. The predicted octanol–water partition coefficient (Wildman–Crippen LogP) is 14.2. The van der Waals surface area contributed by atoms with Crippen LogP contribution >= 0.6 is 11.3 Å². The van der Waals surface area contributed by atoms with Crippen molar-refractivity contribution in [1.82, 2.24) is 0 Å². The lowest BCUT2D eigenvalue weighted by Crippen LogP contribution is -2.23. The van der Waals surface area contributed by atoms with Gasteiger partial charge >= 0.3 is 0 Å². The fraction of sp³-hybridized carbons (Fsp3) is 0.0769. The van der Waals surface area contributed by atoms with E-state index in [-0.39, 0.29) is 10.8 Å². The molecule has 1 nitrogen and oxygen atoms in total. The van der Waals surface area contributed by atoms with Crippen LogP contribution in [-0.2, 0) is 10.8 Å². The minimum Gasteiger partial charge on any atom is -0.310 e. The zero-order chi connectivity index (χ0) is 36.0. The van der Waals surface area contributed by atoms with Crippen molar-refractivity contribution in [1.29, 1.82) is 0 Å². The molecule has 2 unspecified atom stereocenters. The van der Waals surface area contributed by atoms with Crippen molar-refractivity contribution in [2.24, 2.45) is 0 Å². The Balaban J connectivity index is 1.20. The van der Waals surface area contributed by atoms with Gasteiger partial charge in [-0.3, -0.25) is 0 Å². The van der Waals surface area contributed by atoms with Gasteiger partial charge in [0.15, 0.2) is 0 Å². The molecule has 54 heavy (non-hydrogen) atoms. The summed E-state index contributed by atoms with van der Waals surface area (Å²) in [6.07, 6.45) is 0. The third-order valence-electron chi connectivity index (χ3n) is 12.4. The van der Waals surface area contributed by atoms with Crippen molar-refractivity contribution in [3.05, 3.63) is 221 Å². The third-order valence-corrected chi connectivity index (χ3v) is 13.6. The molecule has 9 aromatic rings. The van der Waals surface area contributed by atoms with Crippen LogP contribution in [0.15, 0.2) is 188 Å². The molecular weight excluding hydrogens is 671 g/mol. The van der Waals surface area contributed by atoms with Gasteiger partial charge in [0.25, 0.3) is 0 Å². The predicted molar refractivity (Wildman–Crippen MR) is 229 cm³/mol. The van der Waals surface area contributed by atoms with E-state index in [4.69, 9.17) is 0 Å². The van der Waals surface area contributed by atoms with Gasteiger partial charge in [0, 0.05) is 42.4 Å². The third kappa shape index (κ3) is 4.26. The fourth-order valence-corrected chi connectivity index (χ4v) is 10.9. The molecule has 1 aromatic heterocycles. The summed E-state index contributed by atoms with van der Waals surface area (Å²) in [6.45, 7) is 4.82. The number of benzene rings is 8. The van der Waals surface area contributed by atoms with Crippen molar-refractivity contribution >= 4 is 48.6 Å². The van der Waals surface area contributed by atoms with E-state index < -0.39 is 0 Å². The lowest BCUT2D eigenvalue weighted by Gasteiger charge is -2.32. The number of hydrogen-bond acceptors (Lipinski definition) is 2. The summed E-state index contributed by atoms with van der Waals surface area (Å²) in [7, 11) is 0. The standard InChI is InChI=1S/C52H37NS/c1-51(34-16-5-3-6-17-34)43-23-12-9-20-38(43)40-30-28-36(32-45(40)51)53(47-25-15-27-49-50(47)42-22-11-14-26-48(42)54-49)37-29-31-41-39-21-10-13-24-44(39)52(2,46(41)33-37)35-18-7-4-8-19-35/h3-33H,1-2H3. The van der Waals surface area contributed by atoms with Gasteiger partial charge in [-0.15, -0.1) is 11.3 Å². The fourth-order valence-electron chi connectivity index (χ4n) is 9.77. The van der Waals surface area contributed by atoms with E-state index in [1.165, 1.54) is 81.5 Å². The van der Waals surface area contributed by atoms with Crippen LogP contribution in [0.4, 0.5) is 17.1 Å². The van der Waals surface area contributed by atoms with Gasteiger partial charge in [0.05, 0.1) is 5.69 Å². The van der Waals surface area contributed by atoms with Crippen molar-refractivity contribution in [3.8, 4) is 22.3 Å². The van der Waals surface area contributed by atoms with E-state index in [9.17, 15) is 0 Å². The molecule has 2 atom stereocenters. The van der Waals surface area contributed by atoms with E-state index in [0.717, 1.165) is 11.4 Å². The van der Waals surface area contributed by atoms with Gasteiger partial charge in [0.2, 0.25) is 0 Å². The van der Waals surface area contributed by atoms with Gasteiger partial charge in [-0.05, 0) is 112 Å². The second-order valence-corrected chi connectivity index (χ2v) is 16.2. The smallest absolute Gasteiger partial charge is 0.0554 e. The molecule has 0 amide bonds. The lowest BCUT2D eigenvalue weighted by molar-refractivity contribution is 0.713. The maximum absolute atomic E-state index is 2.53. The van der Waals surface area contributed by atoms with Crippen LogP contribution in [0.25, 0.3) is 42.4 Å². The van der Waals surface area contributed by atoms with E-state index in [2.05, 4.69) is 207 Å². The van der Waals surface area contributed by atoms with Crippen molar-refractivity contribution in [2.45, 2.75) is 24.7 Å². The molecule has 0 saturated carbocycles. The number of nitrogens with zero attached hydrogens (tertiary/aromatic N) is 1. The van der Waals surface area contributed by atoms with Crippen LogP contribution in [0.5, 0.6) is 0 Å². The number of fused-ring (bicyclic) bond motifs is 9. The number of rotatable bonds is 5. The second kappa shape index (κ2) is 11.6. The molecule has 0 fully saturated rings. The molecule has 0 N–H and O–H groups in total. The maximum atomic E-state index is 2.53. The average Bonchev–Trinajstić information content (AvgIpc) is 3.84. The molecule has 8 aromatic carbocycles. The van der Waals surface area contributed by atoms with Crippen LogP contribution in [-0.4, -0.2) is 0 Å². The number of hydrogen-bond donors (Lipinski definition) is 0. The molecule has 0 saturated heterocycles. The average molecular weight is 708 g/mol. The van der Waals surface area contributed by atoms with E-state index in [0.29, 0.717) is 0 Å². The normalized spacial score (nSPS) is 18.0. The molecule has 0 bridgehead atoms. The highest BCUT2D eigenvalue weighted by Gasteiger charge is 2.43. The van der Waals surface area contributed by atoms with Crippen LogP contribution in [0, 0.1) is 0 Å². The number of anilines is 3. The largest absolute Gasteiger partial charge is 0.310 e. The van der Waals surface area contributed by atoms with Crippen molar-refractivity contribution in [3.63, 3.8) is 0 Å². The zero-order valence-corrected chi connectivity index (χ0v) is 31.1. The quantitative estimate of drug-likeness (QED) is 0.172. The molecule has 256 valence electrons. The van der Waals surface area contributed by atoms with Crippen LogP contribution in [0.1, 0.15) is 47.2 Å². The molecular formula is C52H37NS. The molecule has 0 aliphatic heterocycles. The minimum atomic E-state index is -0.304. The number of thiophene rings is 1. The summed E-state index contributed by atoms with van der Waals surface area (Å²) in [4.78, 5) is 2.53. The molecule has 11 rings (SSSR count). The highest BCUT2D eigenvalue weighted by Crippen LogP contribution is 2.57. The lowest BCUT2D eigenvalue weighted by atomic mass is 9.74. The monoisotopic (exact) mass is 707 g/mol. The first-order chi connectivity index (χ1) is 26.5. The van der Waals surface area contributed by atoms with Gasteiger partial charge in [-0.2, -0.15) is 0 Å². The first-order valence-corrected chi connectivity index (χ1v) is 19.7. The molecule has 2 aliphatic rings. The first-order valence-electron chi connectivity index (χ1n) is 18.9. The van der Waals surface area contributed by atoms with Gasteiger partial charge in [-0.25, -0.2) is 0 Å². The Bertz CT molecular complexity index is 2780. The maximum Gasteiger partial charge on any atom is 0.0554 e. The van der Waals surface area contributed by atoms with E-state index >= 15 is 0 Å². The van der Waals surface area contributed by atoms with Gasteiger partial charge in [-0.1, -0.05) is 146 Å². The van der Waals surface area contributed by atoms with Crippen LogP contribution in [0.3, 0.4) is 0 Å². The van der Waals surface area contributed by atoms with E-state index in [1.807, 2.05) is 11.3 Å². The Morgan fingerprint density at radius 1 is 0.389 bits per heavy atom. The molecule has 0 spiro atoms. The Hall–Kier alpha value is -6.22. The summed E-state index contributed by atoms with van der Waals surface area (Å²) >= 11 is 1.87. The highest BCUT2D eigenvalue weighted by molar-refractivity contribution is 7.26.